The molecule has 0 saturated carbocycles. The van der Waals surface area contributed by atoms with E-state index < -0.39 is 0 Å². The molecule has 0 unspecified atom stereocenters. The predicted molar refractivity (Wildman–Crippen MR) is 216 cm³/mol. The fraction of sp³-hybridized carbons (Fsp3) is 0. The number of anilines is 6. The quantitative estimate of drug-likeness (QED) is 0.167. The van der Waals surface area contributed by atoms with E-state index in [1.165, 1.54) is 21.5 Å². The van der Waals surface area contributed by atoms with Gasteiger partial charge in [0.05, 0.1) is 0 Å². The number of furan rings is 1. The van der Waals surface area contributed by atoms with Crippen molar-refractivity contribution < 1.29 is 4.42 Å². The van der Waals surface area contributed by atoms with Gasteiger partial charge in [-0.1, -0.05) is 109 Å². The number of hydrogen-bond acceptors (Lipinski definition) is 3. The topological polar surface area (TPSA) is 19.6 Å². The van der Waals surface area contributed by atoms with Gasteiger partial charge in [-0.15, -0.1) is 0 Å². The van der Waals surface area contributed by atoms with Crippen LogP contribution in [0.15, 0.2) is 199 Å². The van der Waals surface area contributed by atoms with E-state index in [1.54, 1.807) is 0 Å². The zero-order valence-electron chi connectivity index (χ0n) is 27.8. The largest absolute Gasteiger partial charge is 0.455 e. The lowest BCUT2D eigenvalue weighted by atomic mass is 9.96. The maximum absolute atomic E-state index is 6.91. The fourth-order valence-electron chi connectivity index (χ4n) is 7.65. The molecular weight excluding hydrogens is 621 g/mol. The highest BCUT2D eigenvalue weighted by Crippen LogP contribution is 2.45. The Morgan fingerprint density at radius 2 is 0.784 bits per heavy atom. The monoisotopic (exact) mass is 652 g/mol. The van der Waals surface area contributed by atoms with Crippen molar-refractivity contribution >= 4 is 88.4 Å². The third-order valence-electron chi connectivity index (χ3n) is 9.96. The van der Waals surface area contributed by atoms with Gasteiger partial charge in [0.25, 0.3) is 0 Å². The summed E-state index contributed by atoms with van der Waals surface area (Å²) in [6.45, 7) is 0. The van der Waals surface area contributed by atoms with Crippen molar-refractivity contribution in [2.45, 2.75) is 0 Å². The van der Waals surface area contributed by atoms with Gasteiger partial charge in [-0.3, -0.25) is 0 Å². The van der Waals surface area contributed by atoms with Crippen LogP contribution >= 0.6 is 0 Å². The maximum atomic E-state index is 6.91. The first kappa shape index (κ1) is 29.1. The molecular formula is C48H32N2O. The molecule has 51 heavy (non-hydrogen) atoms. The molecule has 240 valence electrons. The van der Waals surface area contributed by atoms with Crippen molar-refractivity contribution in [1.82, 2.24) is 0 Å². The fourth-order valence-corrected chi connectivity index (χ4v) is 7.65. The molecule has 1 aromatic heterocycles. The van der Waals surface area contributed by atoms with Crippen LogP contribution in [0.25, 0.3) is 54.3 Å². The van der Waals surface area contributed by atoms with Crippen LogP contribution in [0.5, 0.6) is 0 Å². The second-order valence-electron chi connectivity index (χ2n) is 13.0. The molecule has 10 rings (SSSR count). The summed E-state index contributed by atoms with van der Waals surface area (Å²) in [5, 5.41) is 9.34. The highest BCUT2D eigenvalue weighted by Gasteiger charge is 2.20. The molecule has 0 saturated heterocycles. The Hall–Kier alpha value is -6.84. The van der Waals surface area contributed by atoms with Gasteiger partial charge in [0.1, 0.15) is 11.2 Å². The average molecular weight is 653 g/mol. The van der Waals surface area contributed by atoms with Crippen LogP contribution in [0, 0.1) is 0 Å². The molecule has 0 bridgehead atoms. The highest BCUT2D eigenvalue weighted by molar-refractivity contribution is 6.30. The predicted octanol–water partition coefficient (Wildman–Crippen LogP) is 14.0. The summed E-state index contributed by atoms with van der Waals surface area (Å²) < 4.78 is 6.91. The smallest absolute Gasteiger partial charge is 0.143 e. The zero-order valence-corrected chi connectivity index (χ0v) is 27.8. The van der Waals surface area contributed by atoms with Crippen LogP contribution in [0.4, 0.5) is 34.1 Å². The van der Waals surface area contributed by atoms with Crippen LogP contribution in [0.3, 0.4) is 0 Å². The van der Waals surface area contributed by atoms with E-state index in [4.69, 9.17) is 4.42 Å². The van der Waals surface area contributed by atoms with Crippen molar-refractivity contribution in [3.05, 3.63) is 194 Å². The summed E-state index contributed by atoms with van der Waals surface area (Å²) in [7, 11) is 0. The van der Waals surface area contributed by atoms with E-state index in [2.05, 4.69) is 204 Å². The van der Waals surface area contributed by atoms with Crippen LogP contribution in [-0.4, -0.2) is 0 Å². The van der Waals surface area contributed by atoms with Gasteiger partial charge < -0.3 is 14.2 Å². The van der Waals surface area contributed by atoms with Crippen molar-refractivity contribution in [1.29, 1.82) is 0 Å². The minimum Gasteiger partial charge on any atom is -0.455 e. The number of para-hydroxylation sites is 3. The summed E-state index contributed by atoms with van der Waals surface area (Å²) in [5.74, 6) is 0. The number of fused-ring (bicyclic) bond motifs is 9. The summed E-state index contributed by atoms with van der Waals surface area (Å²) in [5.41, 5.74) is 8.32. The Morgan fingerprint density at radius 1 is 0.294 bits per heavy atom. The average Bonchev–Trinajstić information content (AvgIpc) is 3.59. The minimum absolute atomic E-state index is 0.864. The normalized spacial score (nSPS) is 11.5. The molecule has 0 fully saturated rings. The number of nitrogens with zero attached hydrogens (tertiary/aromatic N) is 2. The van der Waals surface area contributed by atoms with E-state index in [-0.39, 0.29) is 0 Å². The summed E-state index contributed by atoms with van der Waals surface area (Å²) in [6, 6.07) is 69.0. The van der Waals surface area contributed by atoms with Crippen LogP contribution in [0.1, 0.15) is 0 Å². The number of benzene rings is 9. The SMILES string of the molecule is c1ccc(N(c2ccccc2)c2ccc3c(c2)oc2c4ccc(N(c5ccccc5)c5ccc6ccccc6c5)cc4c4ccccc4c32)cc1. The van der Waals surface area contributed by atoms with Crippen LogP contribution in [0.2, 0.25) is 0 Å². The van der Waals surface area contributed by atoms with E-state index in [0.717, 1.165) is 66.8 Å². The highest BCUT2D eigenvalue weighted by atomic mass is 16.3. The van der Waals surface area contributed by atoms with E-state index in [1.807, 2.05) is 0 Å². The molecule has 0 aliphatic heterocycles. The van der Waals surface area contributed by atoms with Gasteiger partial charge >= 0.3 is 0 Å². The maximum Gasteiger partial charge on any atom is 0.143 e. The summed E-state index contributed by atoms with van der Waals surface area (Å²) in [4.78, 5) is 4.62. The van der Waals surface area contributed by atoms with Crippen molar-refractivity contribution in [3.8, 4) is 0 Å². The van der Waals surface area contributed by atoms with E-state index in [9.17, 15) is 0 Å². The molecule has 9 aromatic carbocycles. The lowest BCUT2D eigenvalue weighted by molar-refractivity contribution is 0.673. The summed E-state index contributed by atoms with van der Waals surface area (Å²) >= 11 is 0. The lowest BCUT2D eigenvalue weighted by Crippen LogP contribution is -2.09. The minimum atomic E-state index is 0.864. The second kappa shape index (κ2) is 11.9. The first-order valence-electron chi connectivity index (χ1n) is 17.4. The molecule has 0 radical (unpaired) electrons. The zero-order chi connectivity index (χ0) is 33.7. The molecule has 3 heteroatoms. The molecule has 10 aromatic rings. The Bertz CT molecular complexity index is 2820. The van der Waals surface area contributed by atoms with Gasteiger partial charge in [-0.05, 0) is 106 Å². The standard InChI is InChI=1S/C48H32N2O/c1-4-16-35(17-5-1)49(36-18-6-2-7-19-36)40-27-29-44-46(32-40)51-48-43-28-26-39(31-45(43)41-22-12-13-23-42(41)47(44)48)50(37-20-8-3-9-21-37)38-25-24-33-14-10-11-15-34(33)30-38/h1-32H. The molecule has 0 aliphatic rings. The lowest BCUT2D eigenvalue weighted by Gasteiger charge is -2.26. The van der Waals surface area contributed by atoms with Gasteiger partial charge in [0.2, 0.25) is 0 Å². The van der Waals surface area contributed by atoms with Crippen molar-refractivity contribution in [2.75, 3.05) is 9.80 Å². The first-order chi connectivity index (χ1) is 25.3. The number of rotatable bonds is 6. The van der Waals surface area contributed by atoms with Crippen molar-refractivity contribution in [2.24, 2.45) is 0 Å². The van der Waals surface area contributed by atoms with Gasteiger partial charge in [0.15, 0.2) is 0 Å². The Kier molecular flexibility index (Phi) is 6.81. The van der Waals surface area contributed by atoms with Gasteiger partial charge in [0, 0.05) is 56.3 Å². The summed E-state index contributed by atoms with van der Waals surface area (Å²) in [6.07, 6.45) is 0. The molecule has 0 spiro atoms. The van der Waals surface area contributed by atoms with E-state index in [0.29, 0.717) is 0 Å². The Balaban J connectivity index is 1.19. The second-order valence-corrected chi connectivity index (χ2v) is 13.0. The third-order valence-corrected chi connectivity index (χ3v) is 9.96. The first-order valence-corrected chi connectivity index (χ1v) is 17.4. The molecule has 0 aliphatic carbocycles. The molecule has 0 N–H and O–H groups in total. The Labute approximate surface area is 295 Å². The molecule has 1 heterocycles. The molecule has 0 amide bonds. The Morgan fingerprint density at radius 3 is 1.45 bits per heavy atom. The van der Waals surface area contributed by atoms with Crippen molar-refractivity contribution in [3.63, 3.8) is 0 Å². The van der Waals surface area contributed by atoms with Gasteiger partial charge in [-0.2, -0.15) is 0 Å². The van der Waals surface area contributed by atoms with Crippen LogP contribution < -0.4 is 9.80 Å². The number of hydrogen-bond donors (Lipinski definition) is 0. The van der Waals surface area contributed by atoms with Crippen LogP contribution in [-0.2, 0) is 0 Å². The van der Waals surface area contributed by atoms with Gasteiger partial charge in [-0.25, -0.2) is 0 Å². The molecule has 0 atom stereocenters. The third kappa shape index (κ3) is 4.90. The van der Waals surface area contributed by atoms with E-state index >= 15 is 0 Å². The molecule has 3 nitrogen and oxygen atoms in total.